The highest BCUT2D eigenvalue weighted by atomic mass is 32.2. The van der Waals surface area contributed by atoms with Gasteiger partial charge < -0.3 is 5.32 Å². The third-order valence-electron chi connectivity index (χ3n) is 4.43. The molecule has 1 fully saturated rings. The molecule has 0 aromatic carbocycles. The number of aromatic nitrogens is 2. The van der Waals surface area contributed by atoms with E-state index < -0.39 is 0 Å². The van der Waals surface area contributed by atoms with Crippen LogP contribution in [0.3, 0.4) is 0 Å². The standard InChI is InChI=1S/C15H23N3S/c1-19-12-8-7-11(9-12)18-15-13-5-3-2-4-6-14(13)16-10-17-15/h10-12H,2-9H2,1H3,(H,16,17,18). The van der Waals surface area contributed by atoms with Crippen LogP contribution in [0.25, 0.3) is 0 Å². The SMILES string of the molecule is CSC1CCC(Nc2ncnc3c2CCCCC3)C1. The normalized spacial score (nSPS) is 26.8. The van der Waals surface area contributed by atoms with Crippen molar-refractivity contribution in [1.82, 2.24) is 9.97 Å². The van der Waals surface area contributed by atoms with Crippen molar-refractivity contribution in [2.75, 3.05) is 11.6 Å². The molecule has 0 spiro atoms. The molecule has 3 rings (SSSR count). The Labute approximate surface area is 120 Å². The maximum absolute atomic E-state index is 4.52. The predicted molar refractivity (Wildman–Crippen MR) is 81.9 cm³/mol. The highest BCUT2D eigenvalue weighted by Gasteiger charge is 2.25. The zero-order chi connectivity index (χ0) is 13.1. The van der Waals surface area contributed by atoms with E-state index in [2.05, 4.69) is 21.5 Å². The van der Waals surface area contributed by atoms with Crippen LogP contribution in [0.4, 0.5) is 5.82 Å². The molecule has 104 valence electrons. The summed E-state index contributed by atoms with van der Waals surface area (Å²) in [6.45, 7) is 0. The summed E-state index contributed by atoms with van der Waals surface area (Å²) in [6, 6.07) is 0.611. The van der Waals surface area contributed by atoms with Crippen molar-refractivity contribution in [2.24, 2.45) is 0 Å². The van der Waals surface area contributed by atoms with Crippen LogP contribution in [-0.4, -0.2) is 27.5 Å². The number of rotatable bonds is 3. The Hall–Kier alpha value is -0.770. The first-order valence-corrected chi connectivity index (χ1v) is 8.77. The summed E-state index contributed by atoms with van der Waals surface area (Å²) in [5.74, 6) is 1.12. The lowest BCUT2D eigenvalue weighted by Crippen LogP contribution is -2.19. The molecule has 19 heavy (non-hydrogen) atoms. The van der Waals surface area contributed by atoms with Gasteiger partial charge >= 0.3 is 0 Å². The highest BCUT2D eigenvalue weighted by Crippen LogP contribution is 2.31. The molecule has 1 aromatic rings. The van der Waals surface area contributed by atoms with E-state index in [0.717, 1.165) is 23.9 Å². The molecule has 1 aromatic heterocycles. The van der Waals surface area contributed by atoms with E-state index in [9.17, 15) is 0 Å². The maximum Gasteiger partial charge on any atom is 0.133 e. The monoisotopic (exact) mass is 277 g/mol. The van der Waals surface area contributed by atoms with Crippen LogP contribution in [0.1, 0.15) is 49.8 Å². The van der Waals surface area contributed by atoms with Gasteiger partial charge in [-0.2, -0.15) is 11.8 Å². The molecular weight excluding hydrogens is 254 g/mol. The third kappa shape index (κ3) is 3.04. The van der Waals surface area contributed by atoms with Gasteiger partial charge in [-0.05, 0) is 51.2 Å². The van der Waals surface area contributed by atoms with Crippen molar-refractivity contribution in [3.05, 3.63) is 17.6 Å². The fourth-order valence-electron chi connectivity index (χ4n) is 3.30. The summed E-state index contributed by atoms with van der Waals surface area (Å²) in [7, 11) is 0. The summed E-state index contributed by atoms with van der Waals surface area (Å²) in [4.78, 5) is 9.01. The number of nitrogens with zero attached hydrogens (tertiary/aromatic N) is 2. The first-order chi connectivity index (χ1) is 9.36. The van der Waals surface area contributed by atoms with Crippen LogP contribution >= 0.6 is 11.8 Å². The van der Waals surface area contributed by atoms with Gasteiger partial charge in [0, 0.05) is 22.5 Å². The number of nitrogens with one attached hydrogen (secondary N) is 1. The van der Waals surface area contributed by atoms with Gasteiger partial charge in [0.05, 0.1) is 0 Å². The Kier molecular flexibility index (Phi) is 4.26. The number of hydrogen-bond acceptors (Lipinski definition) is 4. The minimum atomic E-state index is 0.611. The molecule has 1 saturated carbocycles. The Bertz CT molecular complexity index is 435. The van der Waals surface area contributed by atoms with Crippen molar-refractivity contribution in [3.63, 3.8) is 0 Å². The number of fused-ring (bicyclic) bond motifs is 1. The zero-order valence-electron chi connectivity index (χ0n) is 11.7. The van der Waals surface area contributed by atoms with Gasteiger partial charge in [0.2, 0.25) is 0 Å². The van der Waals surface area contributed by atoms with Gasteiger partial charge in [0.25, 0.3) is 0 Å². The number of thioether (sulfide) groups is 1. The molecule has 0 bridgehead atoms. The van der Waals surface area contributed by atoms with Crippen molar-refractivity contribution in [1.29, 1.82) is 0 Å². The second-order valence-electron chi connectivity index (χ2n) is 5.72. The van der Waals surface area contributed by atoms with Crippen molar-refractivity contribution in [3.8, 4) is 0 Å². The van der Waals surface area contributed by atoms with Crippen LogP contribution in [0.5, 0.6) is 0 Å². The number of hydrogen-bond donors (Lipinski definition) is 1. The van der Waals surface area contributed by atoms with Gasteiger partial charge in [-0.25, -0.2) is 9.97 Å². The van der Waals surface area contributed by atoms with E-state index >= 15 is 0 Å². The number of aryl methyl sites for hydroxylation is 1. The van der Waals surface area contributed by atoms with E-state index in [0.29, 0.717) is 6.04 Å². The third-order valence-corrected chi connectivity index (χ3v) is 5.53. The molecule has 2 unspecified atom stereocenters. The van der Waals surface area contributed by atoms with Gasteiger partial charge in [-0.1, -0.05) is 6.42 Å². The van der Waals surface area contributed by atoms with Crippen LogP contribution < -0.4 is 5.32 Å². The molecule has 1 N–H and O–H groups in total. The first kappa shape index (κ1) is 13.2. The molecule has 2 atom stereocenters. The molecule has 2 aliphatic rings. The molecule has 0 radical (unpaired) electrons. The second-order valence-corrected chi connectivity index (χ2v) is 6.86. The van der Waals surface area contributed by atoms with Crippen molar-refractivity contribution >= 4 is 17.6 Å². The summed E-state index contributed by atoms with van der Waals surface area (Å²) >= 11 is 2.01. The molecule has 4 heteroatoms. The molecule has 0 amide bonds. The summed E-state index contributed by atoms with van der Waals surface area (Å²) in [6.07, 6.45) is 14.0. The van der Waals surface area contributed by atoms with Gasteiger partial charge in [0.1, 0.15) is 12.1 Å². The lowest BCUT2D eigenvalue weighted by Gasteiger charge is -2.17. The van der Waals surface area contributed by atoms with Crippen LogP contribution in [0, 0.1) is 0 Å². The first-order valence-electron chi connectivity index (χ1n) is 7.49. The Morgan fingerprint density at radius 2 is 2.05 bits per heavy atom. The topological polar surface area (TPSA) is 37.8 Å². The quantitative estimate of drug-likeness (QED) is 0.859. The molecule has 3 nitrogen and oxygen atoms in total. The second kappa shape index (κ2) is 6.12. The van der Waals surface area contributed by atoms with Crippen molar-refractivity contribution in [2.45, 2.75) is 62.7 Å². The Balaban J connectivity index is 1.74. The average Bonchev–Trinajstić information content (AvgIpc) is 2.74. The Morgan fingerprint density at radius 3 is 2.89 bits per heavy atom. The summed E-state index contributed by atoms with van der Waals surface area (Å²) in [5.41, 5.74) is 2.68. The lowest BCUT2D eigenvalue weighted by atomic mass is 10.1. The molecule has 2 aliphatic carbocycles. The van der Waals surface area contributed by atoms with E-state index in [1.807, 2.05) is 11.8 Å². The van der Waals surface area contributed by atoms with E-state index in [1.54, 1.807) is 6.33 Å². The van der Waals surface area contributed by atoms with Gasteiger partial charge in [-0.15, -0.1) is 0 Å². The van der Waals surface area contributed by atoms with Crippen molar-refractivity contribution < 1.29 is 0 Å². The lowest BCUT2D eigenvalue weighted by molar-refractivity contribution is 0.708. The van der Waals surface area contributed by atoms with E-state index in [4.69, 9.17) is 0 Å². The number of anilines is 1. The molecule has 0 saturated heterocycles. The van der Waals surface area contributed by atoms with E-state index in [1.165, 1.54) is 49.8 Å². The summed E-state index contributed by atoms with van der Waals surface area (Å²) in [5, 5.41) is 4.53. The highest BCUT2D eigenvalue weighted by molar-refractivity contribution is 7.99. The fraction of sp³-hybridized carbons (Fsp3) is 0.733. The fourth-order valence-corrected chi connectivity index (χ4v) is 4.10. The zero-order valence-corrected chi connectivity index (χ0v) is 12.5. The molecular formula is C15H23N3S. The minimum Gasteiger partial charge on any atom is -0.367 e. The minimum absolute atomic E-state index is 0.611. The molecule has 0 aliphatic heterocycles. The van der Waals surface area contributed by atoms with E-state index in [-0.39, 0.29) is 0 Å². The Morgan fingerprint density at radius 1 is 1.16 bits per heavy atom. The maximum atomic E-state index is 4.52. The van der Waals surface area contributed by atoms with Crippen LogP contribution in [0.15, 0.2) is 6.33 Å². The van der Waals surface area contributed by atoms with Crippen LogP contribution in [-0.2, 0) is 12.8 Å². The van der Waals surface area contributed by atoms with Gasteiger partial charge in [0.15, 0.2) is 0 Å². The van der Waals surface area contributed by atoms with Gasteiger partial charge in [-0.3, -0.25) is 0 Å². The largest absolute Gasteiger partial charge is 0.367 e. The van der Waals surface area contributed by atoms with Crippen LogP contribution in [0.2, 0.25) is 0 Å². The average molecular weight is 277 g/mol. The predicted octanol–water partition coefficient (Wildman–Crippen LogP) is 3.44. The summed E-state index contributed by atoms with van der Waals surface area (Å²) < 4.78 is 0. The smallest absolute Gasteiger partial charge is 0.133 e. The molecule has 1 heterocycles.